The summed E-state index contributed by atoms with van der Waals surface area (Å²) in [5, 5.41) is 4.51. The molecule has 4 heterocycles. The molecule has 0 saturated carbocycles. The Balaban J connectivity index is 1.72. The Kier molecular flexibility index (Phi) is 7.66. The van der Waals surface area contributed by atoms with E-state index in [2.05, 4.69) is 5.32 Å². The first kappa shape index (κ1) is 28.5. The summed E-state index contributed by atoms with van der Waals surface area (Å²) >= 11 is 6.48. The number of hydrogen-bond donors (Lipinski definition) is 1. The number of carbonyl (C=O) groups excluding carboxylic acids is 1. The van der Waals surface area contributed by atoms with Gasteiger partial charge >= 0.3 is 17.8 Å². The van der Waals surface area contributed by atoms with Gasteiger partial charge in [0, 0.05) is 44.3 Å². The van der Waals surface area contributed by atoms with E-state index in [1.165, 1.54) is 7.05 Å². The Morgan fingerprint density at radius 1 is 1.20 bits per heavy atom. The molecule has 3 aliphatic rings. The van der Waals surface area contributed by atoms with Crippen molar-refractivity contribution in [1.29, 1.82) is 0 Å². The van der Waals surface area contributed by atoms with Gasteiger partial charge in [0.1, 0.15) is 0 Å². The van der Waals surface area contributed by atoms with Crippen LogP contribution >= 0.6 is 11.6 Å². The largest absolute Gasteiger partial charge is 0.493 e. The van der Waals surface area contributed by atoms with Gasteiger partial charge in [0.2, 0.25) is 0 Å². The van der Waals surface area contributed by atoms with Crippen LogP contribution in [-0.4, -0.2) is 58.1 Å². The number of nitrogens with zero attached hydrogens (tertiary/aromatic N) is 5. The molecule has 0 amide bonds. The van der Waals surface area contributed by atoms with E-state index in [0.717, 1.165) is 27.2 Å². The lowest BCUT2D eigenvalue weighted by Crippen LogP contribution is -2.59. The number of likely N-dealkylation sites (tertiary alicyclic amines) is 1. The first-order valence-corrected chi connectivity index (χ1v) is 13.7. The van der Waals surface area contributed by atoms with Gasteiger partial charge in [0.25, 0.3) is 5.56 Å². The summed E-state index contributed by atoms with van der Waals surface area (Å²) in [4.78, 5) is 48.2. The van der Waals surface area contributed by atoms with Crippen molar-refractivity contribution in [3.05, 3.63) is 55.7 Å². The van der Waals surface area contributed by atoms with Gasteiger partial charge < -0.3 is 15.1 Å². The number of hydrogen-bond acceptors (Lipinski definition) is 8. The summed E-state index contributed by atoms with van der Waals surface area (Å²) in [6, 6.07) is 6.87. The van der Waals surface area contributed by atoms with Crippen LogP contribution in [-0.2, 0) is 29.8 Å². The van der Waals surface area contributed by atoms with Gasteiger partial charge in [-0.25, -0.2) is 9.59 Å². The zero-order valence-electron chi connectivity index (χ0n) is 22.4. The van der Waals surface area contributed by atoms with E-state index in [0.29, 0.717) is 30.1 Å². The maximum absolute atomic E-state index is 14.0. The monoisotopic (exact) mass is 584 g/mol. The van der Waals surface area contributed by atoms with E-state index in [1.54, 1.807) is 29.2 Å². The van der Waals surface area contributed by atoms with Gasteiger partial charge in [0.05, 0.1) is 0 Å². The second kappa shape index (κ2) is 10.7. The zero-order valence-corrected chi connectivity index (χ0v) is 23.2. The predicted octanol–water partition coefficient (Wildman–Crippen LogP) is 2.67. The number of rotatable bonds is 7. The van der Waals surface area contributed by atoms with Crippen LogP contribution in [0, 0.1) is 11.8 Å². The van der Waals surface area contributed by atoms with Gasteiger partial charge in [-0.1, -0.05) is 43.6 Å². The first-order chi connectivity index (χ1) is 18.9. The van der Waals surface area contributed by atoms with Crippen LogP contribution < -0.4 is 26.5 Å². The zero-order chi connectivity index (χ0) is 28.9. The topological polar surface area (TPSA) is 92.0 Å². The van der Waals surface area contributed by atoms with E-state index in [4.69, 9.17) is 16.4 Å². The summed E-state index contributed by atoms with van der Waals surface area (Å²) < 4.78 is 42.7. The van der Waals surface area contributed by atoms with Crippen LogP contribution in [0.2, 0.25) is 5.02 Å². The molecule has 3 aliphatic heterocycles. The van der Waals surface area contributed by atoms with Crippen molar-refractivity contribution >= 4 is 29.1 Å². The Morgan fingerprint density at radius 3 is 2.60 bits per heavy atom. The number of anilines is 2. The third kappa shape index (κ3) is 4.99. The molecule has 0 aliphatic carbocycles. The maximum Gasteiger partial charge on any atom is 0.493 e. The molecule has 10 nitrogen and oxygen atoms in total. The third-order valence-electron chi connectivity index (χ3n) is 7.91. The molecule has 14 heteroatoms. The molecule has 1 aromatic heterocycles. The first-order valence-electron chi connectivity index (χ1n) is 13.3. The fraction of sp³-hybridized carbons (Fsp3) is 0.577. The average molecular weight is 585 g/mol. The van der Waals surface area contributed by atoms with Crippen LogP contribution in [0.3, 0.4) is 0 Å². The third-order valence-corrected chi connectivity index (χ3v) is 8.27. The van der Waals surface area contributed by atoms with Gasteiger partial charge in [-0.3, -0.25) is 18.8 Å². The molecular weight excluding hydrogens is 553 g/mol. The Bertz CT molecular complexity index is 1410. The molecule has 0 radical (unpaired) electrons. The molecule has 1 aromatic carbocycles. The highest BCUT2D eigenvalue weighted by atomic mass is 35.5. The molecule has 0 spiro atoms. The second-order valence-corrected chi connectivity index (χ2v) is 11.3. The van der Waals surface area contributed by atoms with E-state index < -0.39 is 29.7 Å². The molecule has 3 atom stereocenters. The molecule has 0 bridgehead atoms. The predicted molar refractivity (Wildman–Crippen MR) is 143 cm³/mol. The number of aromatic nitrogens is 2. The summed E-state index contributed by atoms with van der Waals surface area (Å²) in [5.41, 5.74) is -0.786. The minimum atomic E-state index is -5.30. The molecule has 5 rings (SSSR count). The van der Waals surface area contributed by atoms with Crippen LogP contribution in [0.4, 0.5) is 24.7 Å². The van der Waals surface area contributed by atoms with Crippen molar-refractivity contribution < 1.29 is 22.8 Å². The smallest absolute Gasteiger partial charge is 0.327 e. The van der Waals surface area contributed by atoms with Crippen LogP contribution in [0.25, 0.3) is 0 Å². The average Bonchev–Trinajstić information content (AvgIpc) is 3.57. The summed E-state index contributed by atoms with van der Waals surface area (Å²) in [6.45, 7) is 5.88. The second-order valence-electron chi connectivity index (χ2n) is 10.9. The number of benzene rings is 1. The van der Waals surface area contributed by atoms with Crippen molar-refractivity contribution in [3.8, 4) is 0 Å². The Labute approximate surface area is 233 Å². The van der Waals surface area contributed by atoms with Gasteiger partial charge in [0.15, 0.2) is 17.8 Å². The summed E-state index contributed by atoms with van der Waals surface area (Å²) in [7, 11) is 1.36. The molecule has 218 valence electrons. The van der Waals surface area contributed by atoms with Gasteiger partial charge in [-0.05, 0) is 42.9 Å². The fourth-order valence-corrected chi connectivity index (χ4v) is 6.06. The normalized spacial score (nSPS) is 22.8. The lowest BCUT2D eigenvalue weighted by Gasteiger charge is -2.39. The molecular formula is C26H32ClF3N6O4. The van der Waals surface area contributed by atoms with Crippen molar-refractivity contribution in [2.45, 2.75) is 58.3 Å². The number of carbonyl (C=O) groups is 1. The number of hydroxylamine groups is 1. The van der Waals surface area contributed by atoms with Crippen LogP contribution in [0.1, 0.15) is 32.3 Å². The van der Waals surface area contributed by atoms with Crippen molar-refractivity contribution in [2.24, 2.45) is 18.9 Å². The van der Waals surface area contributed by atoms with E-state index >= 15 is 0 Å². The standard InChI is InChI=1S/C26H32ClF3N6O4/c1-15(2)8-10-34-22(37)20-21(32(3)25(34)39)36(40-23(38)26(28,29)30)24(33-11-9-16-12-31-13-19(16)33)35(20)14-17-6-4-5-7-18(17)27/h4-7,15-16,19,24,31H,8-14H2,1-3H3. The molecule has 2 aromatic rings. The highest BCUT2D eigenvalue weighted by molar-refractivity contribution is 6.31. The van der Waals surface area contributed by atoms with E-state index in [-0.39, 0.29) is 42.5 Å². The number of nitrogens with one attached hydrogen (secondary N) is 1. The summed E-state index contributed by atoms with van der Waals surface area (Å²) in [5.74, 6) is -2.23. The van der Waals surface area contributed by atoms with Crippen LogP contribution in [0.5, 0.6) is 0 Å². The highest BCUT2D eigenvalue weighted by Gasteiger charge is 2.54. The highest BCUT2D eigenvalue weighted by Crippen LogP contribution is 2.43. The lowest BCUT2D eigenvalue weighted by atomic mass is 10.1. The quantitative estimate of drug-likeness (QED) is 0.531. The molecule has 40 heavy (non-hydrogen) atoms. The van der Waals surface area contributed by atoms with Crippen LogP contribution in [0.15, 0.2) is 33.9 Å². The van der Waals surface area contributed by atoms with Crippen molar-refractivity contribution in [1.82, 2.24) is 19.4 Å². The van der Waals surface area contributed by atoms with Crippen molar-refractivity contribution in [2.75, 3.05) is 29.6 Å². The number of alkyl halides is 3. The van der Waals surface area contributed by atoms with Gasteiger partial charge in [-0.15, -0.1) is 5.06 Å². The maximum atomic E-state index is 14.0. The SMILES string of the molecule is CC(C)CCn1c(=O)c2c(n(C)c1=O)N(OC(=O)C(F)(F)F)C(N1CCC3CNCC31)N2Cc1ccccc1Cl. The Morgan fingerprint density at radius 2 is 1.93 bits per heavy atom. The minimum Gasteiger partial charge on any atom is -0.327 e. The van der Waals surface area contributed by atoms with Crippen molar-refractivity contribution in [3.63, 3.8) is 0 Å². The fourth-order valence-electron chi connectivity index (χ4n) is 5.87. The number of halogens is 4. The summed E-state index contributed by atoms with van der Waals surface area (Å²) in [6.07, 6.45) is -5.11. The minimum absolute atomic E-state index is 0.0242. The van der Waals surface area contributed by atoms with E-state index in [9.17, 15) is 27.6 Å². The van der Waals surface area contributed by atoms with E-state index in [1.807, 2.05) is 18.7 Å². The number of fused-ring (bicyclic) bond motifs is 2. The molecule has 3 unspecified atom stereocenters. The Hall–Kier alpha value is -3.03. The molecule has 1 N–H and O–H groups in total. The van der Waals surface area contributed by atoms with Gasteiger partial charge in [-0.2, -0.15) is 13.2 Å². The molecule has 2 fully saturated rings. The molecule has 2 saturated heterocycles. The lowest BCUT2D eigenvalue weighted by molar-refractivity contribution is -0.203.